The first-order chi connectivity index (χ1) is 5.88. The number of carbonyl (C=O) groups is 1. The molecule has 0 amide bonds. The molecule has 0 atom stereocenters. The van der Waals surface area contributed by atoms with E-state index in [1.165, 1.54) is 12.0 Å². The second-order valence-electron chi connectivity index (χ2n) is 2.97. The molecule has 0 saturated heterocycles. The van der Waals surface area contributed by atoms with E-state index >= 15 is 0 Å². The summed E-state index contributed by atoms with van der Waals surface area (Å²) in [6, 6.07) is 0. The molecule has 12 heavy (non-hydrogen) atoms. The number of carbonyl (C=O) groups excluding carboxylic acids is 1. The van der Waals surface area contributed by atoms with Crippen LogP contribution in [0.3, 0.4) is 0 Å². The number of hydrogen-bond donors (Lipinski definition) is 0. The lowest BCUT2D eigenvalue weighted by Gasteiger charge is -2.12. The average molecular weight is 162 g/mol. The fourth-order valence-electron chi connectivity index (χ4n) is 1.46. The van der Waals surface area contributed by atoms with Crippen molar-refractivity contribution in [2.24, 2.45) is 0 Å². The van der Waals surface area contributed by atoms with Crippen LogP contribution in [-0.4, -0.2) is 6.29 Å². The van der Waals surface area contributed by atoms with Crippen LogP contribution in [0.15, 0.2) is 36.0 Å². The quantitative estimate of drug-likeness (QED) is 0.460. The van der Waals surface area contributed by atoms with Crippen LogP contribution in [0.5, 0.6) is 0 Å². The SMILES string of the molecule is C=C/C=C/C1=C(C=O)CCCC1. The Hall–Kier alpha value is -1.11. The molecule has 0 aliphatic heterocycles. The first-order valence-corrected chi connectivity index (χ1v) is 4.35. The second-order valence-corrected chi connectivity index (χ2v) is 2.97. The topological polar surface area (TPSA) is 17.1 Å². The molecule has 1 aliphatic carbocycles. The molecule has 1 nitrogen and oxygen atoms in total. The minimum absolute atomic E-state index is 0.945. The van der Waals surface area contributed by atoms with Gasteiger partial charge in [-0.25, -0.2) is 0 Å². The van der Waals surface area contributed by atoms with Gasteiger partial charge >= 0.3 is 0 Å². The smallest absolute Gasteiger partial charge is 0.146 e. The number of allylic oxidation sites excluding steroid dienone is 5. The third-order valence-electron chi connectivity index (χ3n) is 2.13. The minimum atomic E-state index is 0.945. The Morgan fingerprint density at radius 1 is 1.17 bits per heavy atom. The van der Waals surface area contributed by atoms with Crippen molar-refractivity contribution in [1.29, 1.82) is 0 Å². The first kappa shape index (κ1) is 8.98. The lowest BCUT2D eigenvalue weighted by atomic mass is 9.92. The van der Waals surface area contributed by atoms with Crippen molar-refractivity contribution < 1.29 is 4.79 Å². The molecule has 0 aromatic heterocycles. The maximum absolute atomic E-state index is 10.6. The highest BCUT2D eigenvalue weighted by atomic mass is 16.1. The molecule has 0 saturated carbocycles. The van der Waals surface area contributed by atoms with Crippen LogP contribution in [-0.2, 0) is 4.79 Å². The molecule has 0 aromatic carbocycles. The van der Waals surface area contributed by atoms with E-state index in [1.54, 1.807) is 6.08 Å². The Balaban J connectivity index is 2.79. The summed E-state index contributed by atoms with van der Waals surface area (Å²) in [5, 5.41) is 0. The summed E-state index contributed by atoms with van der Waals surface area (Å²) in [5.41, 5.74) is 2.16. The Labute approximate surface area is 73.5 Å². The Bertz CT molecular complexity index is 233. The van der Waals surface area contributed by atoms with Gasteiger partial charge in [-0.15, -0.1) is 0 Å². The number of aldehydes is 1. The maximum Gasteiger partial charge on any atom is 0.146 e. The first-order valence-electron chi connectivity index (χ1n) is 4.35. The van der Waals surface area contributed by atoms with Gasteiger partial charge in [0.25, 0.3) is 0 Å². The molecule has 64 valence electrons. The zero-order chi connectivity index (χ0) is 8.81. The molecule has 0 unspecified atom stereocenters. The Morgan fingerprint density at radius 2 is 1.83 bits per heavy atom. The molecule has 1 heteroatoms. The highest BCUT2D eigenvalue weighted by Crippen LogP contribution is 2.23. The van der Waals surface area contributed by atoms with Crippen LogP contribution < -0.4 is 0 Å². The monoisotopic (exact) mass is 162 g/mol. The fourth-order valence-corrected chi connectivity index (χ4v) is 1.46. The number of rotatable bonds is 3. The van der Waals surface area contributed by atoms with Gasteiger partial charge in [-0.05, 0) is 36.8 Å². The summed E-state index contributed by atoms with van der Waals surface area (Å²) in [5.74, 6) is 0. The van der Waals surface area contributed by atoms with Gasteiger partial charge in [0.1, 0.15) is 6.29 Å². The van der Waals surface area contributed by atoms with Crippen molar-refractivity contribution in [1.82, 2.24) is 0 Å². The van der Waals surface area contributed by atoms with E-state index < -0.39 is 0 Å². The highest BCUT2D eigenvalue weighted by molar-refractivity contribution is 5.75. The summed E-state index contributed by atoms with van der Waals surface area (Å²) in [7, 11) is 0. The maximum atomic E-state index is 10.6. The second kappa shape index (κ2) is 4.70. The summed E-state index contributed by atoms with van der Waals surface area (Å²) < 4.78 is 0. The van der Waals surface area contributed by atoms with Gasteiger partial charge in [0.2, 0.25) is 0 Å². The van der Waals surface area contributed by atoms with Crippen molar-refractivity contribution in [2.75, 3.05) is 0 Å². The average Bonchev–Trinajstić information content (AvgIpc) is 2.15. The number of hydrogen-bond acceptors (Lipinski definition) is 1. The molecule has 0 radical (unpaired) electrons. The van der Waals surface area contributed by atoms with Crippen molar-refractivity contribution in [2.45, 2.75) is 25.7 Å². The van der Waals surface area contributed by atoms with E-state index in [0.717, 1.165) is 31.1 Å². The molecule has 1 aliphatic rings. The molecule has 0 aromatic rings. The normalized spacial score (nSPS) is 18.3. The van der Waals surface area contributed by atoms with Gasteiger partial charge in [-0.1, -0.05) is 24.8 Å². The van der Waals surface area contributed by atoms with Crippen LogP contribution in [0.1, 0.15) is 25.7 Å². The molecule has 0 heterocycles. The van der Waals surface area contributed by atoms with Crippen molar-refractivity contribution in [3.8, 4) is 0 Å². The van der Waals surface area contributed by atoms with Gasteiger partial charge in [-0.2, -0.15) is 0 Å². The van der Waals surface area contributed by atoms with Crippen LogP contribution in [0.25, 0.3) is 0 Å². The zero-order valence-electron chi connectivity index (χ0n) is 7.25. The standard InChI is InChI=1S/C11H14O/c1-2-3-6-10-7-4-5-8-11(10)9-12/h2-3,6,9H,1,4-5,7-8H2/b6-3+. The van der Waals surface area contributed by atoms with E-state index in [4.69, 9.17) is 0 Å². The Kier molecular flexibility index (Phi) is 3.52. The van der Waals surface area contributed by atoms with Crippen molar-refractivity contribution in [3.63, 3.8) is 0 Å². The Morgan fingerprint density at radius 3 is 2.42 bits per heavy atom. The molecule has 0 spiro atoms. The predicted molar refractivity (Wildman–Crippen MR) is 50.9 cm³/mol. The zero-order valence-corrected chi connectivity index (χ0v) is 7.25. The molecule has 0 fully saturated rings. The van der Waals surface area contributed by atoms with Gasteiger partial charge in [-0.3, -0.25) is 4.79 Å². The third-order valence-corrected chi connectivity index (χ3v) is 2.13. The van der Waals surface area contributed by atoms with Crippen molar-refractivity contribution >= 4 is 6.29 Å². The lowest BCUT2D eigenvalue weighted by molar-refractivity contribution is -0.105. The van der Waals surface area contributed by atoms with Crippen LogP contribution >= 0.6 is 0 Å². The summed E-state index contributed by atoms with van der Waals surface area (Å²) >= 11 is 0. The summed E-state index contributed by atoms with van der Waals surface area (Å²) in [6.45, 7) is 3.60. The largest absolute Gasteiger partial charge is 0.298 e. The van der Waals surface area contributed by atoms with E-state index in [9.17, 15) is 4.79 Å². The molecular weight excluding hydrogens is 148 g/mol. The highest BCUT2D eigenvalue weighted by Gasteiger charge is 2.08. The van der Waals surface area contributed by atoms with Gasteiger partial charge < -0.3 is 0 Å². The molecule has 1 rings (SSSR count). The fraction of sp³-hybridized carbons (Fsp3) is 0.364. The lowest BCUT2D eigenvalue weighted by Crippen LogP contribution is -1.98. The van der Waals surface area contributed by atoms with Crippen LogP contribution in [0.4, 0.5) is 0 Å². The van der Waals surface area contributed by atoms with Gasteiger partial charge in [0.15, 0.2) is 0 Å². The summed E-state index contributed by atoms with van der Waals surface area (Å²) in [6.07, 6.45) is 11.0. The summed E-state index contributed by atoms with van der Waals surface area (Å²) in [4.78, 5) is 10.6. The van der Waals surface area contributed by atoms with E-state index in [2.05, 4.69) is 6.58 Å². The van der Waals surface area contributed by atoms with Crippen LogP contribution in [0, 0.1) is 0 Å². The van der Waals surface area contributed by atoms with E-state index in [0.29, 0.717) is 0 Å². The van der Waals surface area contributed by atoms with E-state index in [1.807, 2.05) is 12.2 Å². The minimum Gasteiger partial charge on any atom is -0.298 e. The molecular formula is C11H14O. The van der Waals surface area contributed by atoms with Gasteiger partial charge in [0.05, 0.1) is 0 Å². The van der Waals surface area contributed by atoms with Gasteiger partial charge in [0, 0.05) is 0 Å². The molecule has 0 bridgehead atoms. The van der Waals surface area contributed by atoms with Crippen LogP contribution in [0.2, 0.25) is 0 Å². The van der Waals surface area contributed by atoms with Crippen molar-refractivity contribution in [3.05, 3.63) is 36.0 Å². The third kappa shape index (κ3) is 2.19. The predicted octanol–water partition coefficient (Wildman–Crippen LogP) is 2.80. The molecule has 0 N–H and O–H groups in total. The van der Waals surface area contributed by atoms with E-state index in [-0.39, 0.29) is 0 Å².